The average molecular weight is 554 g/mol. The summed E-state index contributed by atoms with van der Waals surface area (Å²) >= 11 is 0. The number of primary sulfonamides is 1. The van der Waals surface area contributed by atoms with Gasteiger partial charge in [-0.15, -0.1) is 0 Å². The van der Waals surface area contributed by atoms with Crippen molar-refractivity contribution in [2.75, 3.05) is 5.32 Å². The summed E-state index contributed by atoms with van der Waals surface area (Å²) in [4.78, 5) is 9.69. The van der Waals surface area contributed by atoms with E-state index in [0.29, 0.717) is 30.0 Å². The third kappa shape index (κ3) is 5.30. The minimum Gasteiger partial charge on any atom is -0.436 e. The molecular formula is C31H31N5O3S. The minimum absolute atomic E-state index is 0.0351. The predicted molar refractivity (Wildman–Crippen MR) is 157 cm³/mol. The van der Waals surface area contributed by atoms with Crippen LogP contribution in [-0.4, -0.2) is 23.0 Å². The number of nitrogens with one attached hydrogen (secondary N) is 1. The van der Waals surface area contributed by atoms with Gasteiger partial charge >= 0.3 is 0 Å². The van der Waals surface area contributed by atoms with E-state index in [1.165, 1.54) is 30.5 Å². The Labute approximate surface area is 233 Å². The summed E-state index contributed by atoms with van der Waals surface area (Å²) in [5.74, 6) is 2.23. The SMILES string of the molecule is Cc1cc(C2CC2)cc(C)c1Oc1nc(Nc2ccc(S(N)(=O)=O)cc2)nc2c(C)cn(Cc3ccccc3)c12. The molecule has 0 saturated heterocycles. The van der Waals surface area contributed by atoms with E-state index in [1.807, 2.05) is 25.1 Å². The highest BCUT2D eigenvalue weighted by atomic mass is 32.2. The monoisotopic (exact) mass is 553 g/mol. The molecule has 1 aliphatic carbocycles. The number of hydrogen-bond acceptors (Lipinski definition) is 6. The fraction of sp³-hybridized carbons (Fsp3) is 0.226. The normalized spacial score (nSPS) is 13.5. The van der Waals surface area contributed by atoms with Gasteiger partial charge in [-0.2, -0.15) is 4.98 Å². The van der Waals surface area contributed by atoms with E-state index in [2.05, 4.69) is 54.2 Å². The maximum Gasteiger partial charge on any atom is 0.249 e. The third-order valence-electron chi connectivity index (χ3n) is 7.23. The fourth-order valence-electron chi connectivity index (χ4n) is 5.11. The standard InChI is InChI=1S/C31H31N5O3S/c1-19-15-24(23-9-10-23)16-20(2)29(19)39-30-28-27(21(3)17-36(28)18-22-7-5-4-6-8-22)34-31(35-30)33-25-11-13-26(14-12-25)40(32,37)38/h4-8,11-17,23H,9-10,18H2,1-3H3,(H2,32,37,38)(H,33,34,35). The summed E-state index contributed by atoms with van der Waals surface area (Å²) < 4.78 is 32.1. The molecule has 0 amide bonds. The van der Waals surface area contributed by atoms with E-state index in [1.54, 1.807) is 12.1 Å². The highest BCUT2D eigenvalue weighted by Gasteiger charge is 2.25. The number of fused-ring (bicyclic) bond motifs is 1. The van der Waals surface area contributed by atoms with Crippen LogP contribution in [0.5, 0.6) is 11.6 Å². The Morgan fingerprint density at radius 2 is 1.62 bits per heavy atom. The van der Waals surface area contributed by atoms with Crippen LogP contribution >= 0.6 is 0 Å². The van der Waals surface area contributed by atoms with Crippen molar-refractivity contribution < 1.29 is 13.2 Å². The summed E-state index contributed by atoms with van der Waals surface area (Å²) in [5, 5.41) is 8.45. The number of sulfonamides is 1. The highest BCUT2D eigenvalue weighted by molar-refractivity contribution is 7.89. The number of nitrogens with two attached hydrogens (primary N) is 1. The number of aryl methyl sites for hydroxylation is 3. The molecule has 8 nitrogen and oxygen atoms in total. The van der Waals surface area contributed by atoms with Crippen molar-refractivity contribution in [1.29, 1.82) is 0 Å². The second-order valence-corrected chi connectivity index (χ2v) is 12.1. The van der Waals surface area contributed by atoms with E-state index in [4.69, 9.17) is 19.8 Å². The van der Waals surface area contributed by atoms with E-state index in [9.17, 15) is 8.42 Å². The average Bonchev–Trinajstić information content (AvgIpc) is 3.72. The van der Waals surface area contributed by atoms with Crippen molar-refractivity contribution in [3.8, 4) is 11.6 Å². The van der Waals surface area contributed by atoms with Gasteiger partial charge in [-0.25, -0.2) is 18.5 Å². The van der Waals surface area contributed by atoms with Crippen LogP contribution in [0.3, 0.4) is 0 Å². The summed E-state index contributed by atoms with van der Waals surface area (Å²) in [5.41, 5.74) is 7.85. The van der Waals surface area contributed by atoms with Gasteiger partial charge in [-0.3, -0.25) is 0 Å². The molecule has 0 bridgehead atoms. The lowest BCUT2D eigenvalue weighted by Gasteiger charge is -2.16. The number of nitrogens with zero attached hydrogens (tertiary/aromatic N) is 3. The minimum atomic E-state index is -3.79. The van der Waals surface area contributed by atoms with Crippen LogP contribution in [0.1, 0.15) is 46.6 Å². The zero-order valence-corrected chi connectivity index (χ0v) is 23.5. The summed E-state index contributed by atoms with van der Waals surface area (Å²) in [6.45, 7) is 6.82. The summed E-state index contributed by atoms with van der Waals surface area (Å²) in [7, 11) is -3.79. The molecule has 6 rings (SSSR count). The number of aromatic nitrogens is 3. The zero-order valence-electron chi connectivity index (χ0n) is 22.7. The fourth-order valence-corrected chi connectivity index (χ4v) is 5.63. The van der Waals surface area contributed by atoms with Crippen LogP contribution in [0.25, 0.3) is 11.0 Å². The molecule has 2 heterocycles. The van der Waals surface area contributed by atoms with Gasteiger partial charge < -0.3 is 14.6 Å². The molecule has 0 spiro atoms. The molecule has 1 fully saturated rings. The van der Waals surface area contributed by atoms with Gasteiger partial charge in [0, 0.05) is 18.4 Å². The molecule has 5 aromatic rings. The van der Waals surface area contributed by atoms with Gasteiger partial charge in [0.15, 0.2) is 0 Å². The first-order valence-electron chi connectivity index (χ1n) is 13.3. The molecule has 2 aromatic heterocycles. The van der Waals surface area contributed by atoms with Crippen LogP contribution in [0.2, 0.25) is 0 Å². The molecular weight excluding hydrogens is 522 g/mol. The third-order valence-corrected chi connectivity index (χ3v) is 8.16. The van der Waals surface area contributed by atoms with Gasteiger partial charge in [-0.1, -0.05) is 42.5 Å². The molecule has 0 atom stereocenters. The number of benzene rings is 3. The molecule has 9 heteroatoms. The largest absolute Gasteiger partial charge is 0.436 e. The smallest absolute Gasteiger partial charge is 0.249 e. The molecule has 3 aromatic carbocycles. The van der Waals surface area contributed by atoms with E-state index < -0.39 is 10.0 Å². The lowest BCUT2D eigenvalue weighted by Crippen LogP contribution is -2.11. The number of hydrogen-bond donors (Lipinski definition) is 2. The van der Waals surface area contributed by atoms with Crippen molar-refractivity contribution in [3.63, 3.8) is 0 Å². The quantitative estimate of drug-likeness (QED) is 0.228. The first-order chi connectivity index (χ1) is 19.2. The maximum absolute atomic E-state index is 11.7. The van der Waals surface area contributed by atoms with Gasteiger partial charge in [0.1, 0.15) is 16.8 Å². The van der Waals surface area contributed by atoms with Crippen LogP contribution < -0.4 is 15.2 Å². The van der Waals surface area contributed by atoms with Crippen molar-refractivity contribution in [2.45, 2.75) is 51.0 Å². The molecule has 3 N–H and O–H groups in total. The van der Waals surface area contributed by atoms with Gasteiger partial charge in [0.2, 0.25) is 21.9 Å². The number of ether oxygens (including phenoxy) is 1. The maximum atomic E-state index is 11.7. The Morgan fingerprint density at radius 3 is 2.25 bits per heavy atom. The topological polar surface area (TPSA) is 112 Å². The Morgan fingerprint density at radius 1 is 0.950 bits per heavy atom. The molecule has 0 radical (unpaired) electrons. The predicted octanol–water partition coefficient (Wildman–Crippen LogP) is 6.47. The molecule has 0 aliphatic heterocycles. The first-order valence-corrected chi connectivity index (χ1v) is 14.8. The van der Waals surface area contributed by atoms with E-state index in [-0.39, 0.29) is 4.90 Å². The molecule has 40 heavy (non-hydrogen) atoms. The van der Waals surface area contributed by atoms with Gasteiger partial charge in [-0.05, 0) is 91.6 Å². The Bertz CT molecular complexity index is 1800. The highest BCUT2D eigenvalue weighted by Crippen LogP contribution is 2.43. The van der Waals surface area contributed by atoms with Crippen LogP contribution in [0.15, 0.2) is 77.8 Å². The summed E-state index contributed by atoms with van der Waals surface area (Å²) in [6.07, 6.45) is 4.55. The van der Waals surface area contributed by atoms with Crippen molar-refractivity contribution in [2.24, 2.45) is 5.14 Å². The number of anilines is 2. The molecule has 0 unspecified atom stereocenters. The van der Waals surface area contributed by atoms with Gasteiger partial charge in [0.25, 0.3) is 0 Å². The van der Waals surface area contributed by atoms with Crippen LogP contribution in [0.4, 0.5) is 11.6 Å². The van der Waals surface area contributed by atoms with Crippen molar-refractivity contribution >= 4 is 32.7 Å². The number of rotatable bonds is 8. The Kier molecular flexibility index (Phi) is 6.56. The molecule has 204 valence electrons. The molecule has 1 saturated carbocycles. The lowest BCUT2D eigenvalue weighted by atomic mass is 10.0. The lowest BCUT2D eigenvalue weighted by molar-refractivity contribution is 0.458. The van der Waals surface area contributed by atoms with Crippen LogP contribution in [-0.2, 0) is 16.6 Å². The Balaban J connectivity index is 1.44. The summed E-state index contributed by atoms with van der Waals surface area (Å²) in [6, 6.07) is 20.8. The van der Waals surface area contributed by atoms with Crippen LogP contribution in [0, 0.1) is 20.8 Å². The van der Waals surface area contributed by atoms with Crippen molar-refractivity contribution in [1.82, 2.24) is 14.5 Å². The second kappa shape index (κ2) is 10.1. The zero-order chi connectivity index (χ0) is 28.0. The molecule has 1 aliphatic rings. The Hall–Kier alpha value is -4.21. The first kappa shape index (κ1) is 26.0. The van der Waals surface area contributed by atoms with Gasteiger partial charge in [0.05, 0.1) is 4.90 Å². The second-order valence-electron chi connectivity index (χ2n) is 10.5. The van der Waals surface area contributed by atoms with E-state index >= 15 is 0 Å². The van der Waals surface area contributed by atoms with Crippen molar-refractivity contribution in [3.05, 3.63) is 101 Å². The van der Waals surface area contributed by atoms with E-state index in [0.717, 1.165) is 39.0 Å².